The summed E-state index contributed by atoms with van der Waals surface area (Å²) in [6.45, 7) is 0.604. The van der Waals surface area contributed by atoms with Crippen LogP contribution in [0.4, 0.5) is 18.9 Å². The second-order valence-corrected chi connectivity index (χ2v) is 3.88. The molecular formula is C11H12F3N. The average molecular weight is 215 g/mol. The van der Waals surface area contributed by atoms with Crippen LogP contribution >= 0.6 is 0 Å². The molecule has 1 nitrogen and oxygen atoms in total. The van der Waals surface area contributed by atoms with Gasteiger partial charge in [-0.25, -0.2) is 13.2 Å². The quantitative estimate of drug-likeness (QED) is 0.760. The molecule has 0 bridgehead atoms. The first kappa shape index (κ1) is 10.3. The van der Waals surface area contributed by atoms with E-state index in [1.165, 1.54) is 18.9 Å². The lowest BCUT2D eigenvalue weighted by atomic mass is 10.2. The Morgan fingerprint density at radius 3 is 2.53 bits per heavy atom. The Hall–Kier alpha value is -1.19. The Morgan fingerprint density at radius 2 is 1.87 bits per heavy atom. The number of benzene rings is 1. The molecule has 0 amide bonds. The Morgan fingerprint density at radius 1 is 1.13 bits per heavy atom. The molecule has 0 atom stereocenters. The fourth-order valence-electron chi connectivity index (χ4n) is 1.48. The van der Waals surface area contributed by atoms with E-state index in [1.54, 1.807) is 0 Å². The molecule has 15 heavy (non-hydrogen) atoms. The minimum atomic E-state index is -1.41. The second kappa shape index (κ2) is 4.13. The van der Waals surface area contributed by atoms with Crippen LogP contribution in [0.25, 0.3) is 0 Å². The van der Waals surface area contributed by atoms with E-state index in [2.05, 4.69) is 5.32 Å². The smallest absolute Gasteiger partial charge is 0.196 e. The third-order valence-corrected chi connectivity index (χ3v) is 2.60. The zero-order valence-corrected chi connectivity index (χ0v) is 8.19. The van der Waals surface area contributed by atoms with E-state index in [0.717, 1.165) is 18.4 Å². The largest absolute Gasteiger partial charge is 0.383 e. The minimum Gasteiger partial charge on any atom is -0.383 e. The number of hydrogen-bond donors (Lipinski definition) is 1. The topological polar surface area (TPSA) is 12.0 Å². The molecule has 0 aromatic heterocycles. The van der Waals surface area contributed by atoms with Crippen molar-refractivity contribution >= 4 is 5.69 Å². The molecule has 2 rings (SSSR count). The first-order chi connectivity index (χ1) is 7.18. The molecule has 1 aliphatic carbocycles. The maximum absolute atomic E-state index is 13.1. The van der Waals surface area contributed by atoms with Crippen molar-refractivity contribution in [3.05, 3.63) is 29.6 Å². The van der Waals surface area contributed by atoms with Gasteiger partial charge in [-0.1, -0.05) is 12.8 Å². The first-order valence-corrected chi connectivity index (χ1v) is 5.06. The molecule has 1 aromatic rings. The molecule has 1 aliphatic rings. The van der Waals surface area contributed by atoms with Gasteiger partial charge >= 0.3 is 0 Å². The van der Waals surface area contributed by atoms with Gasteiger partial charge in [-0.2, -0.15) is 0 Å². The van der Waals surface area contributed by atoms with Crippen molar-refractivity contribution in [2.24, 2.45) is 5.92 Å². The standard InChI is InChI=1S/C11H12F3N/c12-8-3-4-9(11(14)10(8)13)15-6-5-7-1-2-7/h3-4,7,15H,1-2,5-6H2. The predicted octanol–water partition coefficient (Wildman–Crippen LogP) is 3.32. The lowest BCUT2D eigenvalue weighted by Crippen LogP contribution is -2.06. The molecule has 0 radical (unpaired) electrons. The van der Waals surface area contributed by atoms with Gasteiger partial charge in [-0.15, -0.1) is 0 Å². The number of hydrogen-bond acceptors (Lipinski definition) is 1. The van der Waals surface area contributed by atoms with Gasteiger partial charge in [0.2, 0.25) is 0 Å². The minimum absolute atomic E-state index is 0.0366. The Bertz CT molecular complexity index is 361. The van der Waals surface area contributed by atoms with Crippen molar-refractivity contribution in [3.63, 3.8) is 0 Å². The number of nitrogens with one attached hydrogen (secondary N) is 1. The van der Waals surface area contributed by atoms with Crippen LogP contribution in [-0.4, -0.2) is 6.54 Å². The van der Waals surface area contributed by atoms with Crippen molar-refractivity contribution in [1.82, 2.24) is 0 Å². The molecule has 4 heteroatoms. The molecule has 82 valence electrons. The molecule has 0 aliphatic heterocycles. The van der Waals surface area contributed by atoms with Crippen LogP contribution in [0.2, 0.25) is 0 Å². The third-order valence-electron chi connectivity index (χ3n) is 2.60. The van der Waals surface area contributed by atoms with Gasteiger partial charge in [-0.05, 0) is 24.5 Å². The Balaban J connectivity index is 1.97. The lowest BCUT2D eigenvalue weighted by molar-refractivity contribution is 0.449. The highest BCUT2D eigenvalue weighted by Crippen LogP contribution is 2.32. The van der Waals surface area contributed by atoms with Crippen LogP contribution in [-0.2, 0) is 0 Å². The van der Waals surface area contributed by atoms with E-state index in [0.29, 0.717) is 6.54 Å². The SMILES string of the molecule is Fc1ccc(NCCC2CC2)c(F)c1F. The molecule has 1 fully saturated rings. The molecule has 0 unspecified atom stereocenters. The first-order valence-electron chi connectivity index (χ1n) is 5.06. The van der Waals surface area contributed by atoms with Crippen molar-refractivity contribution in [3.8, 4) is 0 Å². The highest BCUT2D eigenvalue weighted by Gasteiger charge is 2.20. The summed E-state index contributed by atoms with van der Waals surface area (Å²) in [7, 11) is 0. The maximum atomic E-state index is 13.1. The van der Waals surface area contributed by atoms with Crippen molar-refractivity contribution < 1.29 is 13.2 Å². The zero-order chi connectivity index (χ0) is 10.8. The summed E-state index contributed by atoms with van der Waals surface area (Å²) in [6, 6.07) is 2.15. The van der Waals surface area contributed by atoms with Crippen molar-refractivity contribution in [2.45, 2.75) is 19.3 Å². The van der Waals surface area contributed by atoms with Crippen LogP contribution in [0.3, 0.4) is 0 Å². The van der Waals surface area contributed by atoms with Crippen LogP contribution < -0.4 is 5.32 Å². The molecule has 1 aromatic carbocycles. The summed E-state index contributed by atoms with van der Waals surface area (Å²) < 4.78 is 38.5. The molecule has 0 saturated heterocycles. The summed E-state index contributed by atoms with van der Waals surface area (Å²) in [5, 5.41) is 2.77. The van der Waals surface area contributed by atoms with E-state index in [1.807, 2.05) is 0 Å². The summed E-state index contributed by atoms with van der Waals surface area (Å²) >= 11 is 0. The maximum Gasteiger partial charge on any atom is 0.196 e. The summed E-state index contributed by atoms with van der Waals surface area (Å²) in [5.74, 6) is -2.97. The van der Waals surface area contributed by atoms with Crippen LogP contribution in [0.1, 0.15) is 19.3 Å². The van der Waals surface area contributed by atoms with Gasteiger partial charge in [0.1, 0.15) is 0 Å². The van der Waals surface area contributed by atoms with Crippen LogP contribution in [0, 0.1) is 23.4 Å². The zero-order valence-electron chi connectivity index (χ0n) is 8.19. The summed E-state index contributed by atoms with van der Waals surface area (Å²) in [5.41, 5.74) is 0.0366. The van der Waals surface area contributed by atoms with Crippen molar-refractivity contribution in [1.29, 1.82) is 0 Å². The molecule has 0 spiro atoms. The fraction of sp³-hybridized carbons (Fsp3) is 0.455. The van der Waals surface area contributed by atoms with E-state index in [9.17, 15) is 13.2 Å². The van der Waals surface area contributed by atoms with Gasteiger partial charge in [0, 0.05) is 6.54 Å². The van der Waals surface area contributed by atoms with Gasteiger partial charge < -0.3 is 5.32 Å². The number of anilines is 1. The van der Waals surface area contributed by atoms with Gasteiger partial charge in [0.15, 0.2) is 17.5 Å². The average Bonchev–Trinajstić information content (AvgIpc) is 3.02. The number of rotatable bonds is 4. The highest BCUT2D eigenvalue weighted by atomic mass is 19.2. The number of halogens is 3. The van der Waals surface area contributed by atoms with Gasteiger partial charge in [0.05, 0.1) is 5.69 Å². The Labute approximate surface area is 86.3 Å². The van der Waals surface area contributed by atoms with Crippen molar-refractivity contribution in [2.75, 3.05) is 11.9 Å². The third kappa shape index (κ3) is 2.43. The molecular weight excluding hydrogens is 203 g/mol. The second-order valence-electron chi connectivity index (χ2n) is 3.88. The lowest BCUT2D eigenvalue weighted by Gasteiger charge is -2.07. The van der Waals surface area contributed by atoms with Gasteiger partial charge in [0.25, 0.3) is 0 Å². The molecule has 1 saturated carbocycles. The summed E-state index contributed by atoms with van der Waals surface area (Å²) in [4.78, 5) is 0. The van der Waals surface area contributed by atoms with Gasteiger partial charge in [-0.3, -0.25) is 0 Å². The normalized spacial score (nSPS) is 15.4. The van der Waals surface area contributed by atoms with E-state index in [4.69, 9.17) is 0 Å². The highest BCUT2D eigenvalue weighted by molar-refractivity contribution is 5.45. The van der Waals surface area contributed by atoms with E-state index < -0.39 is 17.5 Å². The monoisotopic (exact) mass is 215 g/mol. The molecule has 1 N–H and O–H groups in total. The fourth-order valence-corrected chi connectivity index (χ4v) is 1.48. The van der Waals surface area contributed by atoms with E-state index >= 15 is 0 Å². The molecule has 0 heterocycles. The van der Waals surface area contributed by atoms with E-state index in [-0.39, 0.29) is 5.69 Å². The summed E-state index contributed by atoms with van der Waals surface area (Å²) in [6.07, 6.45) is 3.41. The predicted molar refractivity (Wildman–Crippen MR) is 52.1 cm³/mol. The van der Waals surface area contributed by atoms with Crippen LogP contribution in [0.15, 0.2) is 12.1 Å². The Kier molecular flexibility index (Phi) is 2.84. The van der Waals surface area contributed by atoms with Crippen LogP contribution in [0.5, 0.6) is 0 Å².